The number of rotatable bonds is 5. The zero-order valence-electron chi connectivity index (χ0n) is 10.9. The summed E-state index contributed by atoms with van der Waals surface area (Å²) in [5.74, 6) is 0.606. The van der Waals surface area contributed by atoms with E-state index < -0.39 is 0 Å². The van der Waals surface area contributed by atoms with E-state index in [2.05, 4.69) is 36.1 Å². The summed E-state index contributed by atoms with van der Waals surface area (Å²) in [5.41, 5.74) is 8.78. The summed E-state index contributed by atoms with van der Waals surface area (Å²) in [5, 5.41) is 0. The fourth-order valence-electron chi connectivity index (χ4n) is 2.70. The third-order valence-electron chi connectivity index (χ3n) is 3.82. The van der Waals surface area contributed by atoms with Crippen molar-refractivity contribution >= 4 is 0 Å². The van der Waals surface area contributed by atoms with Crippen LogP contribution in [-0.2, 0) is 6.42 Å². The standard InChI is InChI=1S/C15H24N2/c1-13-6-2-3-7-15(13)10-14(11-16)12-17-8-4-5-9-17/h2-3,6-7,14H,4-5,8-12,16H2,1H3. The van der Waals surface area contributed by atoms with Crippen LogP contribution in [0.15, 0.2) is 24.3 Å². The van der Waals surface area contributed by atoms with Crippen molar-refractivity contribution in [1.29, 1.82) is 0 Å². The highest BCUT2D eigenvalue weighted by atomic mass is 15.1. The average Bonchev–Trinajstić information content (AvgIpc) is 2.84. The number of hydrogen-bond acceptors (Lipinski definition) is 2. The zero-order valence-corrected chi connectivity index (χ0v) is 10.9. The molecule has 94 valence electrons. The van der Waals surface area contributed by atoms with Crippen molar-refractivity contribution in [2.45, 2.75) is 26.2 Å². The Bertz CT molecular complexity index is 343. The average molecular weight is 232 g/mol. The van der Waals surface area contributed by atoms with Crippen LogP contribution in [0.5, 0.6) is 0 Å². The van der Waals surface area contributed by atoms with Gasteiger partial charge in [0.15, 0.2) is 0 Å². The molecule has 1 fully saturated rings. The van der Waals surface area contributed by atoms with Gasteiger partial charge < -0.3 is 10.6 Å². The van der Waals surface area contributed by atoms with Gasteiger partial charge in [0.25, 0.3) is 0 Å². The fraction of sp³-hybridized carbons (Fsp3) is 0.600. The molecular formula is C15H24N2. The summed E-state index contributed by atoms with van der Waals surface area (Å²) in [6, 6.07) is 8.67. The van der Waals surface area contributed by atoms with Gasteiger partial charge in [-0.2, -0.15) is 0 Å². The van der Waals surface area contributed by atoms with Gasteiger partial charge >= 0.3 is 0 Å². The van der Waals surface area contributed by atoms with Gasteiger partial charge in [-0.25, -0.2) is 0 Å². The summed E-state index contributed by atoms with van der Waals surface area (Å²) in [7, 11) is 0. The molecule has 1 aliphatic rings. The Morgan fingerprint density at radius 2 is 1.94 bits per heavy atom. The Morgan fingerprint density at radius 1 is 1.24 bits per heavy atom. The molecule has 1 atom stereocenters. The first-order chi connectivity index (χ1) is 8.29. The van der Waals surface area contributed by atoms with Crippen LogP contribution in [-0.4, -0.2) is 31.1 Å². The first-order valence-electron chi connectivity index (χ1n) is 6.76. The lowest BCUT2D eigenvalue weighted by Crippen LogP contribution is -2.32. The minimum absolute atomic E-state index is 0.606. The van der Waals surface area contributed by atoms with E-state index in [1.807, 2.05) is 0 Å². The predicted molar refractivity (Wildman–Crippen MR) is 73.1 cm³/mol. The van der Waals surface area contributed by atoms with E-state index in [-0.39, 0.29) is 0 Å². The maximum Gasteiger partial charge on any atom is 0.00249 e. The molecule has 0 aromatic heterocycles. The largest absolute Gasteiger partial charge is 0.330 e. The molecule has 0 amide bonds. The Labute approximate surface area is 105 Å². The van der Waals surface area contributed by atoms with Crippen LogP contribution in [0.25, 0.3) is 0 Å². The smallest absolute Gasteiger partial charge is 0.00249 e. The quantitative estimate of drug-likeness (QED) is 0.843. The van der Waals surface area contributed by atoms with Gasteiger partial charge in [0, 0.05) is 6.54 Å². The third-order valence-corrected chi connectivity index (χ3v) is 3.82. The SMILES string of the molecule is Cc1ccccc1CC(CN)CN1CCCC1. The van der Waals surface area contributed by atoms with Crippen LogP contribution in [0, 0.1) is 12.8 Å². The van der Waals surface area contributed by atoms with Crippen LogP contribution >= 0.6 is 0 Å². The Kier molecular flexibility index (Phi) is 4.57. The lowest BCUT2D eigenvalue weighted by Gasteiger charge is -2.22. The van der Waals surface area contributed by atoms with Crippen LogP contribution in [0.3, 0.4) is 0 Å². The van der Waals surface area contributed by atoms with E-state index in [1.165, 1.54) is 43.6 Å². The summed E-state index contributed by atoms with van der Waals surface area (Å²) in [4.78, 5) is 2.57. The van der Waals surface area contributed by atoms with Gasteiger partial charge in [-0.1, -0.05) is 24.3 Å². The second kappa shape index (κ2) is 6.18. The molecule has 0 spiro atoms. The molecule has 0 aliphatic carbocycles. The highest BCUT2D eigenvalue weighted by molar-refractivity contribution is 5.26. The fourth-order valence-corrected chi connectivity index (χ4v) is 2.70. The van der Waals surface area contributed by atoms with Gasteiger partial charge in [0.05, 0.1) is 0 Å². The normalized spacial score (nSPS) is 18.5. The molecule has 2 heteroatoms. The van der Waals surface area contributed by atoms with Crippen molar-refractivity contribution in [2.75, 3.05) is 26.2 Å². The van der Waals surface area contributed by atoms with E-state index in [1.54, 1.807) is 0 Å². The molecule has 17 heavy (non-hydrogen) atoms. The molecule has 1 unspecified atom stereocenters. The molecular weight excluding hydrogens is 208 g/mol. The zero-order chi connectivity index (χ0) is 12.1. The van der Waals surface area contributed by atoms with Crippen LogP contribution in [0.4, 0.5) is 0 Å². The summed E-state index contributed by atoms with van der Waals surface area (Å²) in [6.45, 7) is 6.70. The molecule has 1 heterocycles. The highest BCUT2D eigenvalue weighted by Crippen LogP contribution is 2.16. The Morgan fingerprint density at radius 3 is 2.59 bits per heavy atom. The van der Waals surface area contributed by atoms with Crippen LogP contribution in [0.2, 0.25) is 0 Å². The van der Waals surface area contributed by atoms with Crippen molar-refractivity contribution < 1.29 is 0 Å². The molecule has 1 aromatic rings. The second-order valence-electron chi connectivity index (χ2n) is 5.24. The number of nitrogens with zero attached hydrogens (tertiary/aromatic N) is 1. The Hall–Kier alpha value is -0.860. The topological polar surface area (TPSA) is 29.3 Å². The van der Waals surface area contributed by atoms with Crippen molar-refractivity contribution in [3.05, 3.63) is 35.4 Å². The molecule has 2 nitrogen and oxygen atoms in total. The molecule has 1 saturated heterocycles. The number of benzene rings is 1. The molecule has 0 bridgehead atoms. The molecule has 0 radical (unpaired) electrons. The van der Waals surface area contributed by atoms with E-state index in [0.29, 0.717) is 5.92 Å². The third kappa shape index (κ3) is 3.55. The van der Waals surface area contributed by atoms with Crippen LogP contribution in [0.1, 0.15) is 24.0 Å². The minimum Gasteiger partial charge on any atom is -0.330 e. The van der Waals surface area contributed by atoms with Gasteiger partial charge in [0.1, 0.15) is 0 Å². The monoisotopic (exact) mass is 232 g/mol. The predicted octanol–water partition coefficient (Wildman–Crippen LogP) is 2.21. The van der Waals surface area contributed by atoms with E-state index in [0.717, 1.165) is 13.0 Å². The maximum atomic E-state index is 5.92. The van der Waals surface area contributed by atoms with Gasteiger partial charge in [-0.05, 0) is 62.9 Å². The molecule has 1 aromatic carbocycles. The second-order valence-corrected chi connectivity index (χ2v) is 5.24. The van der Waals surface area contributed by atoms with E-state index in [4.69, 9.17) is 5.73 Å². The number of likely N-dealkylation sites (tertiary alicyclic amines) is 1. The minimum atomic E-state index is 0.606. The van der Waals surface area contributed by atoms with Crippen molar-refractivity contribution in [1.82, 2.24) is 4.90 Å². The van der Waals surface area contributed by atoms with Gasteiger partial charge in [-0.15, -0.1) is 0 Å². The number of aryl methyl sites for hydroxylation is 1. The highest BCUT2D eigenvalue weighted by Gasteiger charge is 2.17. The lowest BCUT2D eigenvalue weighted by atomic mass is 9.96. The summed E-state index contributed by atoms with van der Waals surface area (Å²) in [6.07, 6.45) is 3.85. The number of hydrogen-bond donors (Lipinski definition) is 1. The first kappa shape index (κ1) is 12.6. The van der Waals surface area contributed by atoms with Crippen molar-refractivity contribution in [3.63, 3.8) is 0 Å². The van der Waals surface area contributed by atoms with Gasteiger partial charge in [-0.3, -0.25) is 0 Å². The van der Waals surface area contributed by atoms with E-state index >= 15 is 0 Å². The molecule has 2 N–H and O–H groups in total. The van der Waals surface area contributed by atoms with E-state index in [9.17, 15) is 0 Å². The van der Waals surface area contributed by atoms with Gasteiger partial charge in [0.2, 0.25) is 0 Å². The molecule has 1 aliphatic heterocycles. The molecule has 0 saturated carbocycles. The summed E-state index contributed by atoms with van der Waals surface area (Å²) >= 11 is 0. The maximum absolute atomic E-state index is 5.92. The van der Waals surface area contributed by atoms with Crippen molar-refractivity contribution in [3.8, 4) is 0 Å². The number of nitrogens with two attached hydrogens (primary N) is 1. The molecule has 2 rings (SSSR count). The first-order valence-corrected chi connectivity index (χ1v) is 6.76. The summed E-state index contributed by atoms with van der Waals surface area (Å²) < 4.78 is 0. The Balaban J connectivity index is 1.92. The van der Waals surface area contributed by atoms with Crippen molar-refractivity contribution in [2.24, 2.45) is 11.7 Å². The van der Waals surface area contributed by atoms with Crippen LogP contribution < -0.4 is 5.73 Å². The lowest BCUT2D eigenvalue weighted by molar-refractivity contribution is 0.279.